The summed E-state index contributed by atoms with van der Waals surface area (Å²) in [6.07, 6.45) is 1.78. The Labute approximate surface area is 171 Å². The average molecular weight is 504 g/mol. The third-order valence-electron chi connectivity index (χ3n) is 3.41. The zero-order chi connectivity index (χ0) is 18.0. The van der Waals surface area contributed by atoms with Gasteiger partial charge in [0.25, 0.3) is 5.91 Å². The highest BCUT2D eigenvalue weighted by Crippen LogP contribution is 2.25. The van der Waals surface area contributed by atoms with Gasteiger partial charge in [0.1, 0.15) is 0 Å². The lowest BCUT2D eigenvalue weighted by Crippen LogP contribution is -2.13. The Kier molecular flexibility index (Phi) is 5.84. The molecule has 0 aliphatic carbocycles. The summed E-state index contributed by atoms with van der Waals surface area (Å²) in [4.78, 5) is 12.4. The Morgan fingerprint density at radius 1 is 1.12 bits per heavy atom. The lowest BCUT2D eigenvalue weighted by molar-refractivity contribution is 0.102. The van der Waals surface area contributed by atoms with Crippen molar-refractivity contribution >= 4 is 66.8 Å². The summed E-state index contributed by atoms with van der Waals surface area (Å²) in [6, 6.07) is 12.5. The molecule has 2 aromatic carbocycles. The van der Waals surface area contributed by atoms with Crippen molar-refractivity contribution in [3.63, 3.8) is 0 Å². The first-order valence-corrected chi connectivity index (χ1v) is 9.51. The normalized spacial score (nSPS) is 10.7. The average Bonchev–Trinajstić information content (AvgIpc) is 2.90. The molecule has 0 bridgehead atoms. The molecule has 0 saturated carbocycles. The van der Waals surface area contributed by atoms with Gasteiger partial charge in [0.2, 0.25) is 0 Å². The van der Waals surface area contributed by atoms with Crippen molar-refractivity contribution in [2.24, 2.45) is 0 Å². The van der Waals surface area contributed by atoms with E-state index in [1.54, 1.807) is 35.1 Å². The third kappa shape index (κ3) is 4.44. The van der Waals surface area contributed by atoms with Crippen LogP contribution < -0.4 is 5.32 Å². The van der Waals surface area contributed by atoms with Gasteiger partial charge in [0.05, 0.1) is 16.6 Å². The molecular formula is C17H11Br2Cl2N3O. The topological polar surface area (TPSA) is 46.9 Å². The van der Waals surface area contributed by atoms with Crippen molar-refractivity contribution in [1.29, 1.82) is 0 Å². The fraction of sp³-hybridized carbons (Fsp3) is 0.0588. The molecule has 0 fully saturated rings. The Morgan fingerprint density at radius 3 is 2.60 bits per heavy atom. The molecule has 0 aliphatic heterocycles. The maximum Gasteiger partial charge on any atom is 0.258 e. The molecule has 3 aromatic rings. The molecule has 4 nitrogen and oxygen atoms in total. The number of rotatable bonds is 4. The summed E-state index contributed by atoms with van der Waals surface area (Å²) >= 11 is 18.9. The number of nitrogens with one attached hydrogen (secondary N) is 1. The summed E-state index contributed by atoms with van der Waals surface area (Å²) in [5.74, 6) is 0.189. The van der Waals surface area contributed by atoms with E-state index in [9.17, 15) is 4.79 Å². The van der Waals surface area contributed by atoms with E-state index in [-0.39, 0.29) is 5.91 Å². The van der Waals surface area contributed by atoms with Gasteiger partial charge in [-0.05, 0) is 61.7 Å². The second-order valence-corrected chi connectivity index (χ2v) is 7.75. The van der Waals surface area contributed by atoms with Gasteiger partial charge in [-0.1, -0.05) is 41.4 Å². The fourth-order valence-electron chi connectivity index (χ4n) is 2.21. The molecule has 0 aliphatic rings. The lowest BCUT2D eigenvalue weighted by atomic mass is 10.2. The van der Waals surface area contributed by atoms with Gasteiger partial charge in [0, 0.05) is 20.7 Å². The summed E-state index contributed by atoms with van der Waals surface area (Å²) in [5.41, 5.74) is 1.41. The smallest absolute Gasteiger partial charge is 0.258 e. The molecule has 0 saturated heterocycles. The zero-order valence-corrected chi connectivity index (χ0v) is 17.3. The molecule has 128 valence electrons. The van der Waals surface area contributed by atoms with Crippen molar-refractivity contribution in [1.82, 2.24) is 9.78 Å². The van der Waals surface area contributed by atoms with Crippen LogP contribution in [0.4, 0.5) is 5.82 Å². The summed E-state index contributed by atoms with van der Waals surface area (Å²) < 4.78 is 3.09. The van der Waals surface area contributed by atoms with Crippen molar-refractivity contribution in [3.8, 4) is 0 Å². The molecule has 0 radical (unpaired) electrons. The third-order valence-corrected chi connectivity index (χ3v) is 5.27. The highest BCUT2D eigenvalue weighted by atomic mass is 79.9. The molecule has 8 heteroatoms. The minimum absolute atomic E-state index is 0.247. The van der Waals surface area contributed by atoms with E-state index in [1.165, 1.54) is 0 Å². The van der Waals surface area contributed by atoms with E-state index in [4.69, 9.17) is 23.2 Å². The molecule has 1 amide bonds. The SMILES string of the molecule is O=C(Nc1nn(Cc2ccc(Cl)cc2Cl)cc1Br)c1ccccc1Br. The van der Waals surface area contributed by atoms with Crippen LogP contribution in [0, 0.1) is 0 Å². The Bertz CT molecular complexity index is 943. The van der Waals surface area contributed by atoms with Crippen LogP contribution in [0.5, 0.6) is 0 Å². The van der Waals surface area contributed by atoms with Crippen molar-refractivity contribution in [3.05, 3.63) is 78.8 Å². The van der Waals surface area contributed by atoms with Crippen LogP contribution in [0.25, 0.3) is 0 Å². The molecule has 0 spiro atoms. The Balaban J connectivity index is 1.78. The molecule has 0 unspecified atom stereocenters. The second kappa shape index (κ2) is 7.91. The fourth-order valence-corrected chi connectivity index (χ4v) is 3.56. The first-order chi connectivity index (χ1) is 11.9. The highest BCUT2D eigenvalue weighted by Gasteiger charge is 2.14. The summed E-state index contributed by atoms with van der Waals surface area (Å²) in [6.45, 7) is 0.458. The number of halogens is 4. The van der Waals surface area contributed by atoms with E-state index < -0.39 is 0 Å². The Hall–Kier alpha value is -1.34. The van der Waals surface area contributed by atoms with Gasteiger partial charge in [-0.2, -0.15) is 5.10 Å². The largest absolute Gasteiger partial charge is 0.304 e. The van der Waals surface area contributed by atoms with E-state index >= 15 is 0 Å². The molecule has 3 rings (SSSR count). The summed E-state index contributed by atoms with van der Waals surface area (Å²) in [5, 5.41) is 8.34. The van der Waals surface area contributed by atoms with Crippen LogP contribution >= 0.6 is 55.1 Å². The van der Waals surface area contributed by atoms with Crippen LogP contribution in [0.2, 0.25) is 10.0 Å². The molecule has 25 heavy (non-hydrogen) atoms. The first kappa shape index (κ1) is 18.5. The van der Waals surface area contributed by atoms with Gasteiger partial charge >= 0.3 is 0 Å². The molecular weight excluding hydrogens is 493 g/mol. The van der Waals surface area contributed by atoms with E-state index in [0.717, 1.165) is 10.0 Å². The van der Waals surface area contributed by atoms with E-state index in [1.807, 2.05) is 18.2 Å². The van der Waals surface area contributed by atoms with Crippen LogP contribution in [0.15, 0.2) is 57.6 Å². The van der Waals surface area contributed by atoms with Gasteiger partial charge in [-0.3, -0.25) is 9.48 Å². The quantitative estimate of drug-likeness (QED) is 0.473. The van der Waals surface area contributed by atoms with Crippen LogP contribution in [0.3, 0.4) is 0 Å². The highest BCUT2D eigenvalue weighted by molar-refractivity contribution is 9.11. The Morgan fingerprint density at radius 2 is 1.88 bits per heavy atom. The van der Waals surface area contributed by atoms with Crippen molar-refractivity contribution < 1.29 is 4.79 Å². The van der Waals surface area contributed by atoms with Gasteiger partial charge < -0.3 is 5.32 Å². The minimum Gasteiger partial charge on any atom is -0.304 e. The van der Waals surface area contributed by atoms with Crippen molar-refractivity contribution in [2.45, 2.75) is 6.54 Å². The monoisotopic (exact) mass is 501 g/mol. The number of carbonyl (C=O) groups excluding carboxylic acids is 1. The van der Waals surface area contributed by atoms with Crippen LogP contribution in [-0.4, -0.2) is 15.7 Å². The molecule has 1 N–H and O–H groups in total. The molecule has 0 atom stereocenters. The van der Waals surface area contributed by atoms with Crippen LogP contribution in [-0.2, 0) is 6.54 Å². The van der Waals surface area contributed by atoms with Gasteiger partial charge in [0.15, 0.2) is 5.82 Å². The minimum atomic E-state index is -0.247. The van der Waals surface area contributed by atoms with E-state index in [2.05, 4.69) is 42.3 Å². The number of hydrogen-bond donors (Lipinski definition) is 1. The predicted molar refractivity (Wildman–Crippen MR) is 108 cm³/mol. The number of anilines is 1. The van der Waals surface area contributed by atoms with Crippen molar-refractivity contribution in [2.75, 3.05) is 5.32 Å². The predicted octanol–water partition coefficient (Wildman–Crippen LogP) is 6.02. The number of nitrogens with zero attached hydrogens (tertiary/aromatic N) is 2. The van der Waals surface area contributed by atoms with E-state index in [0.29, 0.717) is 32.4 Å². The number of aromatic nitrogens is 2. The standard InChI is InChI=1S/C17H11Br2Cl2N3O/c18-13-4-2-1-3-12(13)17(25)22-16-14(19)9-24(23-16)8-10-5-6-11(20)7-15(10)21/h1-7,9H,8H2,(H,22,23,25). The maximum absolute atomic E-state index is 12.4. The van der Waals surface area contributed by atoms with Crippen LogP contribution in [0.1, 0.15) is 15.9 Å². The van der Waals surface area contributed by atoms with Gasteiger partial charge in [-0.25, -0.2) is 0 Å². The number of benzene rings is 2. The van der Waals surface area contributed by atoms with Gasteiger partial charge in [-0.15, -0.1) is 0 Å². The first-order valence-electron chi connectivity index (χ1n) is 7.17. The molecule has 1 heterocycles. The summed E-state index contributed by atoms with van der Waals surface area (Å²) in [7, 11) is 0. The number of carbonyl (C=O) groups is 1. The zero-order valence-electron chi connectivity index (χ0n) is 12.6. The number of amides is 1. The second-order valence-electron chi connectivity index (χ2n) is 5.19. The molecule has 1 aromatic heterocycles. The lowest BCUT2D eigenvalue weighted by Gasteiger charge is -2.06. The number of hydrogen-bond acceptors (Lipinski definition) is 2. The maximum atomic E-state index is 12.4.